The lowest BCUT2D eigenvalue weighted by molar-refractivity contribution is -0.112. The number of anilines is 2. The van der Waals surface area contributed by atoms with E-state index >= 15 is 0 Å². The van der Waals surface area contributed by atoms with E-state index in [0.717, 1.165) is 24.1 Å². The van der Waals surface area contributed by atoms with Gasteiger partial charge in [0.05, 0.1) is 0 Å². The fraction of sp³-hybridized carbons (Fsp3) is 0.360. The first kappa shape index (κ1) is 21.9. The monoisotopic (exact) mass is 421 g/mol. The number of carbonyl (C=O) groups is 1. The highest BCUT2D eigenvalue weighted by atomic mass is 35.5. The highest BCUT2D eigenvalue weighted by Gasteiger charge is 2.35. The molecule has 30 heavy (non-hydrogen) atoms. The van der Waals surface area contributed by atoms with Crippen molar-refractivity contribution in [3.8, 4) is 6.07 Å². The first-order valence-electron chi connectivity index (χ1n) is 10.3. The molecule has 1 aliphatic rings. The Hall–Kier alpha value is -2.77. The molecule has 0 aromatic heterocycles. The van der Waals surface area contributed by atoms with Gasteiger partial charge in [-0.3, -0.25) is 4.79 Å². The average molecular weight is 422 g/mol. The lowest BCUT2D eigenvalue weighted by Crippen LogP contribution is -2.48. The van der Waals surface area contributed by atoms with Gasteiger partial charge in [0.15, 0.2) is 0 Å². The van der Waals surface area contributed by atoms with Gasteiger partial charge in [-0.15, -0.1) is 0 Å². The molecule has 1 N–H and O–H groups in total. The van der Waals surface area contributed by atoms with Gasteiger partial charge in [0.2, 0.25) is 0 Å². The number of nitriles is 1. The number of nitrogens with zero attached hydrogens (tertiary/aromatic N) is 2. The van der Waals surface area contributed by atoms with E-state index in [2.05, 4.69) is 50.0 Å². The molecular formula is C25H28ClN3O. The number of aryl methyl sites for hydroxylation is 1. The third kappa shape index (κ3) is 4.37. The number of halogens is 1. The highest BCUT2D eigenvalue weighted by molar-refractivity contribution is 6.31. The summed E-state index contributed by atoms with van der Waals surface area (Å²) in [5.41, 5.74) is 4.99. The summed E-state index contributed by atoms with van der Waals surface area (Å²) in [6.45, 7) is 11.8. The molecule has 1 heterocycles. The van der Waals surface area contributed by atoms with Crippen molar-refractivity contribution in [3.63, 3.8) is 0 Å². The molecule has 1 amide bonds. The lowest BCUT2D eigenvalue weighted by Gasteiger charge is -2.47. The van der Waals surface area contributed by atoms with Crippen LogP contribution in [0.5, 0.6) is 0 Å². The van der Waals surface area contributed by atoms with Crippen LogP contribution in [0, 0.1) is 18.3 Å². The van der Waals surface area contributed by atoms with Crippen molar-refractivity contribution in [2.45, 2.75) is 52.5 Å². The molecule has 0 bridgehead atoms. The minimum Gasteiger partial charge on any atom is -0.366 e. The molecule has 0 saturated heterocycles. The maximum Gasteiger partial charge on any atom is 0.266 e. The minimum absolute atomic E-state index is 0.0606. The van der Waals surface area contributed by atoms with Crippen LogP contribution in [0.3, 0.4) is 0 Å². The second kappa shape index (κ2) is 8.53. The van der Waals surface area contributed by atoms with Crippen molar-refractivity contribution in [1.29, 1.82) is 5.26 Å². The van der Waals surface area contributed by atoms with Gasteiger partial charge >= 0.3 is 0 Å². The van der Waals surface area contributed by atoms with E-state index in [1.165, 1.54) is 11.3 Å². The zero-order chi connectivity index (χ0) is 22.1. The summed E-state index contributed by atoms with van der Waals surface area (Å²) < 4.78 is 0. The maximum absolute atomic E-state index is 12.7. The number of amides is 1. The third-order valence-electron chi connectivity index (χ3n) is 5.85. The molecule has 0 fully saturated rings. The van der Waals surface area contributed by atoms with Crippen molar-refractivity contribution >= 4 is 35.0 Å². The Kier molecular flexibility index (Phi) is 6.24. The summed E-state index contributed by atoms with van der Waals surface area (Å²) in [6.07, 6.45) is 2.71. The van der Waals surface area contributed by atoms with Crippen LogP contribution >= 0.6 is 11.6 Å². The summed E-state index contributed by atoms with van der Waals surface area (Å²) in [4.78, 5) is 15.1. The molecule has 0 radical (unpaired) electrons. The first-order valence-corrected chi connectivity index (χ1v) is 10.6. The van der Waals surface area contributed by atoms with Crippen molar-refractivity contribution in [2.24, 2.45) is 0 Å². The van der Waals surface area contributed by atoms with Crippen molar-refractivity contribution in [1.82, 2.24) is 0 Å². The van der Waals surface area contributed by atoms with Crippen LogP contribution in [0.4, 0.5) is 11.4 Å². The Morgan fingerprint density at radius 1 is 1.33 bits per heavy atom. The van der Waals surface area contributed by atoms with E-state index in [0.29, 0.717) is 16.6 Å². The van der Waals surface area contributed by atoms with Crippen molar-refractivity contribution in [3.05, 3.63) is 63.7 Å². The zero-order valence-electron chi connectivity index (χ0n) is 18.2. The smallest absolute Gasteiger partial charge is 0.266 e. The fourth-order valence-electron chi connectivity index (χ4n) is 4.43. The van der Waals surface area contributed by atoms with Gasteiger partial charge in [-0.25, -0.2) is 0 Å². The standard InChI is InChI=1S/C25H28ClN3O/c1-6-29-23-10-8-18(12-21(23)17(3)14-25(29,4)5)11-19(15-27)24(30)28-22-13-20(26)9-7-16(22)2/h7-13,17H,6,14H2,1-5H3,(H,28,30)/b19-11-. The van der Waals surface area contributed by atoms with Crippen LogP contribution in [-0.4, -0.2) is 18.0 Å². The molecule has 0 saturated carbocycles. The van der Waals surface area contributed by atoms with E-state index in [9.17, 15) is 10.1 Å². The van der Waals surface area contributed by atoms with Gasteiger partial charge < -0.3 is 10.2 Å². The Bertz CT molecular complexity index is 1050. The van der Waals surface area contributed by atoms with Gasteiger partial charge in [0.1, 0.15) is 11.6 Å². The van der Waals surface area contributed by atoms with Gasteiger partial charge in [-0.2, -0.15) is 5.26 Å². The van der Waals surface area contributed by atoms with E-state index < -0.39 is 5.91 Å². The van der Waals surface area contributed by atoms with Gasteiger partial charge in [0.25, 0.3) is 5.91 Å². The van der Waals surface area contributed by atoms with Crippen LogP contribution < -0.4 is 10.2 Å². The Morgan fingerprint density at radius 3 is 2.73 bits per heavy atom. The zero-order valence-corrected chi connectivity index (χ0v) is 19.0. The van der Waals surface area contributed by atoms with E-state index in [1.54, 1.807) is 18.2 Å². The number of hydrogen-bond acceptors (Lipinski definition) is 3. The second-order valence-corrected chi connectivity index (χ2v) is 9.00. The summed E-state index contributed by atoms with van der Waals surface area (Å²) >= 11 is 6.03. The second-order valence-electron chi connectivity index (χ2n) is 8.56. The Labute approximate surface area is 184 Å². The van der Waals surface area contributed by atoms with E-state index in [4.69, 9.17) is 11.6 Å². The van der Waals surface area contributed by atoms with E-state index in [1.807, 2.05) is 25.1 Å². The number of nitrogens with one attached hydrogen (secondary N) is 1. The van der Waals surface area contributed by atoms with Crippen LogP contribution in [-0.2, 0) is 4.79 Å². The fourth-order valence-corrected chi connectivity index (χ4v) is 4.60. The molecule has 2 aromatic carbocycles. The van der Waals surface area contributed by atoms with Gasteiger partial charge in [0, 0.05) is 28.5 Å². The number of carbonyl (C=O) groups excluding carboxylic acids is 1. The molecular weight excluding hydrogens is 394 g/mol. The molecule has 1 aliphatic heterocycles. The number of fused-ring (bicyclic) bond motifs is 1. The molecule has 1 unspecified atom stereocenters. The molecule has 0 spiro atoms. The summed E-state index contributed by atoms with van der Waals surface area (Å²) in [6, 6.07) is 13.5. The SMILES string of the molecule is CCN1c2ccc(/C=C(/C#N)C(=O)Nc3cc(Cl)ccc3C)cc2C(C)CC1(C)C. The minimum atomic E-state index is -0.440. The summed E-state index contributed by atoms with van der Waals surface area (Å²) in [7, 11) is 0. The normalized spacial score (nSPS) is 17.8. The molecule has 5 heteroatoms. The maximum atomic E-state index is 12.7. The molecule has 4 nitrogen and oxygen atoms in total. The van der Waals surface area contributed by atoms with Crippen molar-refractivity contribution in [2.75, 3.05) is 16.8 Å². The molecule has 1 atom stereocenters. The summed E-state index contributed by atoms with van der Waals surface area (Å²) in [5, 5.41) is 12.9. The van der Waals surface area contributed by atoms with Crippen LogP contribution in [0.15, 0.2) is 42.0 Å². The Balaban J connectivity index is 1.92. The average Bonchev–Trinajstić information content (AvgIpc) is 2.68. The van der Waals surface area contributed by atoms with Gasteiger partial charge in [-0.05, 0) is 87.1 Å². The number of rotatable bonds is 4. The van der Waals surface area contributed by atoms with E-state index in [-0.39, 0.29) is 11.1 Å². The topological polar surface area (TPSA) is 56.1 Å². The predicted octanol–water partition coefficient (Wildman–Crippen LogP) is 6.31. The molecule has 0 aliphatic carbocycles. The first-order chi connectivity index (χ1) is 14.2. The largest absolute Gasteiger partial charge is 0.366 e. The number of hydrogen-bond donors (Lipinski definition) is 1. The highest BCUT2D eigenvalue weighted by Crippen LogP contribution is 2.43. The Morgan fingerprint density at radius 2 is 2.07 bits per heavy atom. The van der Waals surface area contributed by atoms with Crippen LogP contribution in [0.1, 0.15) is 56.7 Å². The third-order valence-corrected chi connectivity index (χ3v) is 6.08. The van der Waals surface area contributed by atoms with Gasteiger partial charge in [-0.1, -0.05) is 30.7 Å². The molecule has 3 rings (SSSR count). The quantitative estimate of drug-likeness (QED) is 0.465. The van der Waals surface area contributed by atoms with Crippen molar-refractivity contribution < 1.29 is 4.79 Å². The van der Waals surface area contributed by atoms with Crippen LogP contribution in [0.2, 0.25) is 5.02 Å². The predicted molar refractivity (Wildman–Crippen MR) is 125 cm³/mol. The molecule has 156 valence electrons. The van der Waals surface area contributed by atoms with Crippen LogP contribution in [0.25, 0.3) is 6.08 Å². The number of benzene rings is 2. The summed E-state index contributed by atoms with van der Waals surface area (Å²) in [5.74, 6) is -0.0374. The molecule has 2 aromatic rings. The lowest BCUT2D eigenvalue weighted by atomic mass is 9.79.